The number of aliphatic imine (C=N–C) groups is 1. The van der Waals surface area contributed by atoms with E-state index in [2.05, 4.69) is 10.3 Å². The Balaban J connectivity index is 1.34. The Labute approximate surface area is 256 Å². The number of carbonyl (C=O) groups is 3. The molecule has 7 nitrogen and oxygen atoms in total. The van der Waals surface area contributed by atoms with E-state index in [4.69, 9.17) is 5.11 Å². The average molecular weight is 625 g/mol. The third kappa shape index (κ3) is 8.77. The Hall–Kier alpha value is -3.96. The summed E-state index contributed by atoms with van der Waals surface area (Å²) in [5, 5.41) is 21.2. The summed E-state index contributed by atoms with van der Waals surface area (Å²) in [5.41, 5.74) is 2.73. The van der Waals surface area contributed by atoms with Crippen LogP contribution in [0.5, 0.6) is 0 Å². The van der Waals surface area contributed by atoms with Crippen LogP contribution in [0, 0.1) is 11.6 Å². The number of benzene rings is 3. The summed E-state index contributed by atoms with van der Waals surface area (Å²) in [7, 11) is 0. The van der Waals surface area contributed by atoms with E-state index < -0.39 is 29.6 Å². The zero-order valence-electron chi connectivity index (χ0n) is 23.3. The van der Waals surface area contributed by atoms with Gasteiger partial charge in [-0.15, -0.1) is 11.8 Å². The van der Waals surface area contributed by atoms with E-state index >= 15 is 0 Å². The van der Waals surface area contributed by atoms with Gasteiger partial charge in [0.25, 0.3) is 5.91 Å². The van der Waals surface area contributed by atoms with Gasteiger partial charge in [0.15, 0.2) is 5.17 Å². The lowest BCUT2D eigenvalue weighted by atomic mass is 9.96. The molecule has 0 saturated heterocycles. The number of aliphatic carboxylic acids is 2. The molecule has 1 aliphatic rings. The van der Waals surface area contributed by atoms with E-state index in [1.807, 2.05) is 30.3 Å². The van der Waals surface area contributed by atoms with Gasteiger partial charge in [0, 0.05) is 22.6 Å². The molecule has 4 rings (SSSR count). The van der Waals surface area contributed by atoms with Crippen molar-refractivity contribution >= 4 is 58.3 Å². The predicted molar refractivity (Wildman–Crippen MR) is 167 cm³/mol. The molecule has 224 valence electrons. The maximum Gasteiger partial charge on any atom is 0.311 e. The number of halogens is 2. The Morgan fingerprint density at radius 3 is 2.37 bits per heavy atom. The number of carbonyl (C=O) groups excluding carboxylic acids is 1. The lowest BCUT2D eigenvalue weighted by molar-refractivity contribution is -0.139. The zero-order valence-corrected chi connectivity index (χ0v) is 24.9. The molecule has 0 spiro atoms. The summed E-state index contributed by atoms with van der Waals surface area (Å²) in [6.45, 7) is 1.68. The van der Waals surface area contributed by atoms with E-state index in [0.717, 1.165) is 41.3 Å². The molecule has 3 N–H and O–H groups in total. The molecule has 1 aliphatic heterocycles. The van der Waals surface area contributed by atoms with Crippen LogP contribution in [0.15, 0.2) is 75.5 Å². The second-order valence-electron chi connectivity index (χ2n) is 9.81. The van der Waals surface area contributed by atoms with Crippen molar-refractivity contribution in [2.75, 3.05) is 11.1 Å². The van der Waals surface area contributed by atoms with Crippen molar-refractivity contribution in [1.29, 1.82) is 0 Å². The fraction of sp³-hybridized carbons (Fsp3) is 0.250. The summed E-state index contributed by atoms with van der Waals surface area (Å²) in [5.74, 6) is -3.52. The van der Waals surface area contributed by atoms with Crippen molar-refractivity contribution in [3.05, 3.63) is 88.3 Å². The number of amides is 1. The molecule has 3 aromatic carbocycles. The van der Waals surface area contributed by atoms with Crippen LogP contribution in [0.1, 0.15) is 56.1 Å². The number of rotatable bonds is 13. The van der Waals surface area contributed by atoms with E-state index in [-0.39, 0.29) is 29.4 Å². The first-order valence-corrected chi connectivity index (χ1v) is 15.5. The molecular formula is C32H30F2N2O5S2. The smallest absolute Gasteiger partial charge is 0.311 e. The molecule has 1 unspecified atom stereocenters. The van der Waals surface area contributed by atoms with Gasteiger partial charge >= 0.3 is 11.9 Å². The van der Waals surface area contributed by atoms with Crippen LogP contribution in [0.4, 0.5) is 14.5 Å². The SMILES string of the molecule is CCC(C(=O)O)c1ccc(NC2=NC(=O)/C(=C\c3ccc(-c4ccc(SCCCCCC(=O)O)c(F)c4)cc3)S2)cc1F. The van der Waals surface area contributed by atoms with Gasteiger partial charge in [0.05, 0.1) is 10.8 Å². The lowest BCUT2D eigenvalue weighted by Gasteiger charge is -2.13. The monoisotopic (exact) mass is 624 g/mol. The number of nitrogens with zero attached hydrogens (tertiary/aromatic N) is 1. The molecule has 1 atom stereocenters. The molecule has 0 radical (unpaired) electrons. The minimum absolute atomic E-state index is 0.0981. The van der Waals surface area contributed by atoms with E-state index in [1.165, 1.54) is 30.0 Å². The number of hydrogen-bond donors (Lipinski definition) is 3. The number of anilines is 1. The highest BCUT2D eigenvalue weighted by Crippen LogP contribution is 2.32. The normalized spacial score (nSPS) is 14.5. The fourth-order valence-electron chi connectivity index (χ4n) is 4.46. The van der Waals surface area contributed by atoms with Crippen LogP contribution in [0.2, 0.25) is 0 Å². The standard InChI is InChI=1S/C32H30F2N2O5S2/c1-2-23(31(40)41)24-13-12-22(18-25(24)33)35-32-36-30(39)28(43-32)16-19-7-9-20(10-8-19)21-11-14-27(26(34)17-21)42-15-5-3-4-6-29(37)38/h7-14,16-18,23H,2-6,15H2,1H3,(H,37,38)(H,40,41)(H,35,36,39)/b28-16+. The highest BCUT2D eigenvalue weighted by molar-refractivity contribution is 8.18. The van der Waals surface area contributed by atoms with Gasteiger partial charge in [-0.25, -0.2) is 8.78 Å². The van der Waals surface area contributed by atoms with Gasteiger partial charge < -0.3 is 15.5 Å². The molecule has 0 saturated carbocycles. The Morgan fingerprint density at radius 1 is 0.977 bits per heavy atom. The summed E-state index contributed by atoms with van der Waals surface area (Å²) in [4.78, 5) is 39.4. The van der Waals surface area contributed by atoms with Crippen LogP contribution in [0.3, 0.4) is 0 Å². The lowest BCUT2D eigenvalue weighted by Crippen LogP contribution is -2.13. The molecule has 0 aliphatic carbocycles. The van der Waals surface area contributed by atoms with Gasteiger partial charge in [-0.2, -0.15) is 4.99 Å². The maximum absolute atomic E-state index is 14.7. The fourth-order valence-corrected chi connectivity index (χ4v) is 6.22. The molecule has 0 fully saturated rings. The minimum atomic E-state index is -1.09. The molecule has 11 heteroatoms. The van der Waals surface area contributed by atoms with Crippen molar-refractivity contribution in [3.8, 4) is 11.1 Å². The molecule has 1 heterocycles. The van der Waals surface area contributed by atoms with Crippen molar-refractivity contribution in [3.63, 3.8) is 0 Å². The first kappa shape index (κ1) is 32.0. The van der Waals surface area contributed by atoms with Gasteiger partial charge in [0.2, 0.25) is 0 Å². The molecule has 43 heavy (non-hydrogen) atoms. The average Bonchev–Trinajstić information content (AvgIpc) is 3.30. The zero-order chi connectivity index (χ0) is 30.9. The van der Waals surface area contributed by atoms with E-state index in [1.54, 1.807) is 25.1 Å². The van der Waals surface area contributed by atoms with Crippen LogP contribution < -0.4 is 5.32 Å². The maximum atomic E-state index is 14.7. The van der Waals surface area contributed by atoms with Crippen LogP contribution >= 0.6 is 23.5 Å². The van der Waals surface area contributed by atoms with Crippen LogP contribution in [-0.2, 0) is 14.4 Å². The van der Waals surface area contributed by atoms with Crippen LogP contribution in [0.25, 0.3) is 17.2 Å². The minimum Gasteiger partial charge on any atom is -0.481 e. The number of thioether (sulfide) groups is 2. The van der Waals surface area contributed by atoms with E-state index in [0.29, 0.717) is 27.7 Å². The Morgan fingerprint density at radius 2 is 1.72 bits per heavy atom. The highest BCUT2D eigenvalue weighted by atomic mass is 32.2. The summed E-state index contributed by atoms with van der Waals surface area (Å²) in [6, 6.07) is 16.6. The number of carboxylic acids is 2. The number of unbranched alkanes of at least 4 members (excludes halogenated alkanes) is 2. The van der Waals surface area contributed by atoms with E-state index in [9.17, 15) is 28.3 Å². The summed E-state index contributed by atoms with van der Waals surface area (Å²) < 4.78 is 29.3. The molecule has 3 aromatic rings. The second kappa shape index (κ2) is 15.0. The van der Waals surface area contributed by atoms with Crippen molar-refractivity contribution < 1.29 is 33.4 Å². The number of amidine groups is 1. The van der Waals surface area contributed by atoms with Gasteiger partial charge in [-0.05, 0) is 83.8 Å². The first-order chi connectivity index (χ1) is 20.6. The topological polar surface area (TPSA) is 116 Å². The van der Waals surface area contributed by atoms with Crippen molar-refractivity contribution in [1.82, 2.24) is 0 Å². The van der Waals surface area contributed by atoms with Crippen molar-refractivity contribution in [2.45, 2.75) is 49.8 Å². The molecular weight excluding hydrogens is 594 g/mol. The third-order valence-electron chi connectivity index (χ3n) is 6.72. The summed E-state index contributed by atoms with van der Waals surface area (Å²) >= 11 is 2.52. The number of hydrogen-bond acceptors (Lipinski definition) is 6. The highest BCUT2D eigenvalue weighted by Gasteiger charge is 2.24. The largest absolute Gasteiger partial charge is 0.481 e. The molecule has 1 amide bonds. The number of nitrogens with one attached hydrogen (secondary N) is 1. The molecule has 0 aromatic heterocycles. The predicted octanol–water partition coefficient (Wildman–Crippen LogP) is 8.03. The first-order valence-electron chi connectivity index (χ1n) is 13.7. The van der Waals surface area contributed by atoms with Crippen molar-refractivity contribution in [2.24, 2.45) is 4.99 Å². The van der Waals surface area contributed by atoms with Gasteiger partial charge in [-0.1, -0.05) is 49.7 Å². The van der Waals surface area contributed by atoms with Crippen LogP contribution in [-0.4, -0.2) is 39.0 Å². The van der Waals surface area contributed by atoms with Gasteiger partial charge in [-0.3, -0.25) is 14.4 Å². The quantitative estimate of drug-likeness (QED) is 0.0995. The number of carboxylic acid groups (broad SMARTS) is 2. The summed E-state index contributed by atoms with van der Waals surface area (Å²) in [6.07, 6.45) is 4.33. The van der Waals surface area contributed by atoms with Gasteiger partial charge in [0.1, 0.15) is 11.6 Å². The molecule has 0 bridgehead atoms. The Kier molecular flexibility index (Phi) is 11.1. The third-order valence-corrected chi connectivity index (χ3v) is 8.75. The Bertz CT molecular complexity index is 1570. The second-order valence-corrected chi connectivity index (χ2v) is 12.0.